The predicted molar refractivity (Wildman–Crippen MR) is 271 cm³/mol. The molecule has 4 aromatic heterocycles. The molecule has 4 amide bonds. The molecular formula is C51H52F6N14O8. The molecule has 22 nitrogen and oxygen atoms in total. The number of aromatic nitrogens is 8. The van der Waals surface area contributed by atoms with Crippen LogP contribution in [-0.2, 0) is 21.8 Å². The second-order valence-corrected chi connectivity index (χ2v) is 19.5. The number of hydrogen-bond acceptors (Lipinski definition) is 18. The molecule has 11 rings (SSSR count). The number of aliphatic hydroxyl groups is 2. The fraction of sp³-hybridized carbons (Fsp3) is 0.412. The van der Waals surface area contributed by atoms with Crippen molar-refractivity contribution in [1.82, 2.24) is 39.9 Å². The fourth-order valence-electron chi connectivity index (χ4n) is 9.63. The Bertz CT molecular complexity index is 3160. The van der Waals surface area contributed by atoms with Crippen LogP contribution in [0.1, 0.15) is 50.7 Å². The third-order valence-electron chi connectivity index (χ3n) is 13.3. The fourth-order valence-corrected chi connectivity index (χ4v) is 9.63. The molecule has 0 spiro atoms. The van der Waals surface area contributed by atoms with Crippen molar-refractivity contribution in [3.63, 3.8) is 0 Å². The van der Waals surface area contributed by atoms with Crippen molar-refractivity contribution in [3.05, 3.63) is 96.8 Å². The lowest BCUT2D eigenvalue weighted by atomic mass is 10.0. The van der Waals surface area contributed by atoms with E-state index in [2.05, 4.69) is 60.3 Å². The highest BCUT2D eigenvalue weighted by Crippen LogP contribution is 2.42. The molecule has 0 aliphatic carbocycles. The summed E-state index contributed by atoms with van der Waals surface area (Å²) in [5.74, 6) is 0.148. The number of piperidine rings is 2. The zero-order valence-corrected chi connectivity index (χ0v) is 42.4. The summed E-state index contributed by atoms with van der Waals surface area (Å²) in [6.07, 6.45) is 1.48. The Morgan fingerprint density at radius 3 is 1.61 bits per heavy atom. The summed E-state index contributed by atoms with van der Waals surface area (Å²) in [7, 11) is 0. The zero-order valence-electron chi connectivity index (χ0n) is 42.4. The maximum Gasteiger partial charge on any atom is 0.416 e. The van der Waals surface area contributed by atoms with Crippen LogP contribution in [0.15, 0.2) is 85.7 Å². The number of fused-ring (bicyclic) bond motifs is 8. The van der Waals surface area contributed by atoms with Gasteiger partial charge in [-0.2, -0.15) is 26.3 Å². The van der Waals surface area contributed by atoms with Gasteiger partial charge in [0.25, 0.3) is 0 Å². The second-order valence-electron chi connectivity index (χ2n) is 19.5. The average Bonchev–Trinajstić information content (AvgIpc) is 3.96. The summed E-state index contributed by atoms with van der Waals surface area (Å²) < 4.78 is 102. The van der Waals surface area contributed by atoms with Gasteiger partial charge in [0.15, 0.2) is 29.1 Å². The Hall–Kier alpha value is -8.08. The maximum atomic E-state index is 13.6. The van der Waals surface area contributed by atoms with Gasteiger partial charge in [-0.15, -0.1) is 0 Å². The lowest BCUT2D eigenvalue weighted by molar-refractivity contribution is -0.141. The molecule has 5 aliphatic heterocycles. The van der Waals surface area contributed by atoms with Crippen LogP contribution in [-0.4, -0.2) is 145 Å². The van der Waals surface area contributed by atoms with Gasteiger partial charge in [0.1, 0.15) is 25.4 Å². The van der Waals surface area contributed by atoms with Gasteiger partial charge in [0.05, 0.1) is 96.4 Å². The Morgan fingerprint density at radius 2 is 1.18 bits per heavy atom. The Morgan fingerprint density at radius 1 is 0.709 bits per heavy atom. The molecule has 3 fully saturated rings. The number of amides is 4. The van der Waals surface area contributed by atoms with Crippen molar-refractivity contribution in [1.29, 1.82) is 0 Å². The molecule has 0 saturated carbocycles. The van der Waals surface area contributed by atoms with E-state index < -0.39 is 54.0 Å². The molecule has 5 aliphatic rings. The molecule has 4 bridgehead atoms. The van der Waals surface area contributed by atoms with Crippen LogP contribution >= 0.6 is 0 Å². The van der Waals surface area contributed by atoms with Crippen molar-refractivity contribution in [2.24, 2.45) is 0 Å². The van der Waals surface area contributed by atoms with E-state index in [1.165, 1.54) is 60.1 Å². The number of alkyl halides is 6. The van der Waals surface area contributed by atoms with Crippen LogP contribution in [0.3, 0.4) is 0 Å². The first-order valence-corrected chi connectivity index (χ1v) is 25.1. The zero-order chi connectivity index (χ0) is 55.6. The first kappa shape index (κ1) is 54.3. The molecular weight excluding hydrogens is 1050 g/mol. The summed E-state index contributed by atoms with van der Waals surface area (Å²) in [6, 6.07) is 8.31. The normalized spacial score (nSPS) is 19.5. The third kappa shape index (κ3) is 12.5. The van der Waals surface area contributed by atoms with Crippen LogP contribution in [0.2, 0.25) is 0 Å². The van der Waals surface area contributed by atoms with E-state index in [9.17, 15) is 41.0 Å². The summed E-state index contributed by atoms with van der Waals surface area (Å²) >= 11 is 0. The smallest absolute Gasteiger partial charge is 0.416 e. The molecule has 4 atom stereocenters. The Balaban J connectivity index is 0.000000179. The number of halogens is 6. The number of ether oxygens (including phenoxy) is 4. The first-order chi connectivity index (χ1) is 37.8. The molecule has 416 valence electrons. The molecule has 6 aromatic rings. The van der Waals surface area contributed by atoms with Gasteiger partial charge >= 0.3 is 36.4 Å². The van der Waals surface area contributed by atoms with Gasteiger partial charge in [-0.3, -0.25) is 9.80 Å². The summed E-state index contributed by atoms with van der Waals surface area (Å²) in [5.41, 5.74) is 0.659. The Kier molecular flexibility index (Phi) is 15.4. The minimum atomic E-state index is -4.51. The van der Waals surface area contributed by atoms with Gasteiger partial charge in [-0.25, -0.2) is 49.5 Å². The number of rotatable bonds is 11. The van der Waals surface area contributed by atoms with E-state index in [4.69, 9.17) is 24.1 Å². The lowest BCUT2D eigenvalue weighted by Crippen LogP contribution is -2.56. The largest absolute Gasteiger partial charge is 0.461 e. The standard InChI is InChI=1S/C27H28F3N7O4.C24H24F3N7O4/c1-26(2)40-15-20(41-26)14-39-24-32-10-18(11-33-24)34-25(38)37-19-7-4-8-36(13-19)21-12-31-22(35-23(21)37)16-5-3-6-17(9-16)27(28,29)30;25-24(26,27)15-4-1-3-14(7-15)20-28-10-19-21(32-20)34(17-5-2-6-33(19)11-17)23(37)31-16-8-29-22(30-9-16)38-13-18(36)12-35/h3,5-6,9-12,19-20H,4,7-8,13-15H2,1-2H3,(H,34,38);1,3-4,7-10,17-18,35-36H,2,5-6,11-13H2,(H,31,37)/t19-,20-;17-,18+/m00/s1. The number of anilines is 6. The summed E-state index contributed by atoms with van der Waals surface area (Å²) in [4.78, 5) is 68.4. The van der Waals surface area contributed by atoms with E-state index in [-0.39, 0.29) is 71.9 Å². The molecule has 79 heavy (non-hydrogen) atoms. The van der Waals surface area contributed by atoms with Crippen LogP contribution in [0, 0.1) is 0 Å². The van der Waals surface area contributed by atoms with E-state index in [0.29, 0.717) is 48.4 Å². The van der Waals surface area contributed by atoms with Gasteiger partial charge in [-0.1, -0.05) is 24.3 Å². The highest BCUT2D eigenvalue weighted by atomic mass is 19.4. The van der Waals surface area contributed by atoms with Crippen molar-refractivity contribution < 1.29 is 65.1 Å². The highest BCUT2D eigenvalue weighted by Gasteiger charge is 2.41. The van der Waals surface area contributed by atoms with Crippen LogP contribution in [0.5, 0.6) is 12.0 Å². The van der Waals surface area contributed by atoms with Crippen molar-refractivity contribution in [2.75, 3.05) is 82.8 Å². The quantitative estimate of drug-likeness (QED) is 0.0935. The highest BCUT2D eigenvalue weighted by molar-refractivity contribution is 6.05. The van der Waals surface area contributed by atoms with Crippen LogP contribution < -0.4 is 39.7 Å². The van der Waals surface area contributed by atoms with E-state index in [1.54, 1.807) is 11.1 Å². The first-order valence-electron chi connectivity index (χ1n) is 25.1. The molecule has 0 radical (unpaired) electrons. The molecule has 4 N–H and O–H groups in total. The van der Waals surface area contributed by atoms with E-state index in [0.717, 1.165) is 63.0 Å². The topological polar surface area (TPSA) is 252 Å². The van der Waals surface area contributed by atoms with E-state index >= 15 is 0 Å². The van der Waals surface area contributed by atoms with Gasteiger partial charge < -0.3 is 49.6 Å². The molecule has 9 heterocycles. The molecule has 2 aromatic carbocycles. The lowest BCUT2D eigenvalue weighted by Gasteiger charge is -2.45. The van der Waals surface area contributed by atoms with Crippen molar-refractivity contribution in [2.45, 2.75) is 82.0 Å². The number of urea groups is 2. The molecule has 3 saturated heterocycles. The number of carbonyl (C=O) groups excluding carboxylic acids is 2. The van der Waals surface area contributed by atoms with Crippen molar-refractivity contribution in [3.8, 4) is 34.8 Å². The number of carbonyl (C=O) groups is 2. The SMILES string of the molecule is CC1(C)OC[C@H](COc2ncc(NC(=O)N3c4nc(-c5cccc(C(F)(F)F)c5)ncc4N4CCC[C@H]3C4)cn2)O1.O=C(Nc1cnc(OC[C@H](O)CO)nc1)N1c2nc(-c3cccc(C(F)(F)F)c3)ncc2N2CCC[C@H]1C2. The minimum Gasteiger partial charge on any atom is -0.461 e. The van der Waals surface area contributed by atoms with Gasteiger partial charge in [0.2, 0.25) is 0 Å². The predicted octanol–water partition coefficient (Wildman–Crippen LogP) is 7.21. The van der Waals surface area contributed by atoms with Crippen LogP contribution in [0.4, 0.5) is 70.3 Å². The number of benzene rings is 2. The molecule has 0 unspecified atom stereocenters. The number of nitrogens with one attached hydrogen (secondary N) is 2. The monoisotopic (exact) mass is 1100 g/mol. The maximum absolute atomic E-state index is 13.6. The third-order valence-corrected chi connectivity index (χ3v) is 13.3. The van der Waals surface area contributed by atoms with Gasteiger partial charge in [-0.05, 0) is 63.8 Å². The summed E-state index contributed by atoms with van der Waals surface area (Å²) in [6.45, 7) is 6.30. The average molecular weight is 1100 g/mol. The van der Waals surface area contributed by atoms with Gasteiger partial charge in [0, 0.05) is 37.3 Å². The molecule has 28 heteroatoms. The van der Waals surface area contributed by atoms with Crippen molar-refractivity contribution >= 4 is 46.4 Å². The summed E-state index contributed by atoms with van der Waals surface area (Å²) in [5, 5.41) is 23.8. The number of aliphatic hydroxyl groups excluding tert-OH is 2. The number of hydrogen-bond donors (Lipinski definition) is 4. The van der Waals surface area contributed by atoms with Crippen LogP contribution in [0.25, 0.3) is 22.8 Å². The second kappa shape index (κ2) is 22.3. The number of nitrogens with zero attached hydrogens (tertiary/aromatic N) is 12. The van der Waals surface area contributed by atoms with E-state index in [1.807, 2.05) is 13.8 Å². The Labute approximate surface area is 446 Å². The minimum absolute atomic E-state index is 0.0415.